The Morgan fingerprint density at radius 3 is 2.83 bits per heavy atom. The lowest BCUT2D eigenvalue weighted by Gasteiger charge is -2.16. The van der Waals surface area contributed by atoms with Gasteiger partial charge in [-0.2, -0.15) is 4.98 Å². The van der Waals surface area contributed by atoms with Gasteiger partial charge in [-0.15, -0.1) is 11.6 Å². The van der Waals surface area contributed by atoms with Gasteiger partial charge in [-0.05, 0) is 31.7 Å². The van der Waals surface area contributed by atoms with Gasteiger partial charge in [0.1, 0.15) is 5.82 Å². The van der Waals surface area contributed by atoms with Gasteiger partial charge in [-0.25, -0.2) is 0 Å². The minimum Gasteiger partial charge on any atom is -0.478 e. The lowest BCUT2D eigenvalue weighted by molar-refractivity contribution is 0.327. The van der Waals surface area contributed by atoms with E-state index in [1.807, 2.05) is 25.1 Å². The van der Waals surface area contributed by atoms with Gasteiger partial charge in [-0.1, -0.05) is 19.4 Å². The lowest BCUT2D eigenvalue weighted by atomic mass is 10.0. The highest BCUT2D eigenvalue weighted by Gasteiger charge is 2.07. The minimum absolute atomic E-state index is 0.616. The number of alkyl halides is 1. The van der Waals surface area contributed by atoms with Crippen LogP contribution in [0.5, 0.6) is 5.88 Å². The second-order valence-electron chi connectivity index (χ2n) is 4.31. The molecule has 0 spiro atoms. The van der Waals surface area contributed by atoms with Crippen LogP contribution in [0.2, 0.25) is 0 Å². The van der Waals surface area contributed by atoms with Crippen LogP contribution in [-0.2, 0) is 0 Å². The molecule has 0 saturated carbocycles. The Morgan fingerprint density at radius 1 is 1.33 bits per heavy atom. The molecule has 0 aliphatic rings. The van der Waals surface area contributed by atoms with Crippen molar-refractivity contribution in [3.8, 4) is 5.88 Å². The summed E-state index contributed by atoms with van der Waals surface area (Å²) in [5.41, 5.74) is 0. The minimum atomic E-state index is 0.616. The average Bonchev–Trinajstić information content (AvgIpc) is 2.37. The first-order valence-corrected chi connectivity index (χ1v) is 7.23. The normalized spacial score (nSPS) is 12.2. The van der Waals surface area contributed by atoms with Gasteiger partial charge in [0.2, 0.25) is 5.88 Å². The van der Waals surface area contributed by atoms with Crippen molar-refractivity contribution in [3.05, 3.63) is 18.2 Å². The van der Waals surface area contributed by atoms with E-state index in [-0.39, 0.29) is 0 Å². The molecule has 0 aromatic carbocycles. The molecule has 0 bridgehead atoms. The van der Waals surface area contributed by atoms with E-state index in [0.29, 0.717) is 18.4 Å². The van der Waals surface area contributed by atoms with E-state index < -0.39 is 0 Å². The molecule has 0 saturated heterocycles. The first-order chi connectivity index (χ1) is 8.80. The lowest BCUT2D eigenvalue weighted by Crippen LogP contribution is -2.15. The van der Waals surface area contributed by atoms with Gasteiger partial charge >= 0.3 is 0 Å². The molecule has 1 atom stereocenters. The van der Waals surface area contributed by atoms with Crippen LogP contribution in [0.1, 0.15) is 33.1 Å². The maximum atomic E-state index is 5.82. The van der Waals surface area contributed by atoms with Crippen LogP contribution in [0.25, 0.3) is 0 Å². The van der Waals surface area contributed by atoms with Crippen molar-refractivity contribution in [2.75, 3.05) is 24.3 Å². The summed E-state index contributed by atoms with van der Waals surface area (Å²) < 4.78 is 5.38. The van der Waals surface area contributed by atoms with E-state index >= 15 is 0 Å². The number of anilines is 1. The fraction of sp³-hybridized carbons (Fsp3) is 0.643. The zero-order valence-electron chi connectivity index (χ0n) is 11.3. The number of hydrogen-bond acceptors (Lipinski definition) is 3. The molecule has 0 amide bonds. The highest BCUT2D eigenvalue weighted by atomic mass is 35.5. The number of halogens is 1. The van der Waals surface area contributed by atoms with E-state index in [1.165, 1.54) is 12.8 Å². The Bertz CT molecular complexity index is 327. The Kier molecular flexibility index (Phi) is 7.58. The molecular weight excluding hydrogens is 248 g/mol. The van der Waals surface area contributed by atoms with Gasteiger partial charge in [0.05, 0.1) is 6.61 Å². The molecule has 102 valence electrons. The predicted molar refractivity (Wildman–Crippen MR) is 77.6 cm³/mol. The molecule has 3 nitrogen and oxygen atoms in total. The molecule has 0 radical (unpaired) electrons. The highest BCUT2D eigenvalue weighted by Crippen LogP contribution is 2.15. The van der Waals surface area contributed by atoms with E-state index in [2.05, 4.69) is 17.2 Å². The third kappa shape index (κ3) is 5.58. The summed E-state index contributed by atoms with van der Waals surface area (Å²) in [6.07, 6.45) is 3.44. The van der Waals surface area contributed by atoms with Gasteiger partial charge in [0, 0.05) is 18.5 Å². The fourth-order valence-electron chi connectivity index (χ4n) is 1.90. The zero-order valence-corrected chi connectivity index (χ0v) is 12.0. The largest absolute Gasteiger partial charge is 0.478 e. The van der Waals surface area contributed by atoms with Gasteiger partial charge in [0.25, 0.3) is 0 Å². The van der Waals surface area contributed by atoms with Gasteiger partial charge in [0.15, 0.2) is 0 Å². The molecule has 0 fully saturated rings. The molecule has 1 unspecified atom stereocenters. The van der Waals surface area contributed by atoms with Crippen molar-refractivity contribution < 1.29 is 4.74 Å². The molecule has 1 aromatic rings. The van der Waals surface area contributed by atoms with Crippen LogP contribution in [0, 0.1) is 5.92 Å². The summed E-state index contributed by atoms with van der Waals surface area (Å²) in [5.74, 6) is 2.88. The topological polar surface area (TPSA) is 34.1 Å². The molecule has 1 rings (SSSR count). The van der Waals surface area contributed by atoms with Crippen molar-refractivity contribution >= 4 is 17.4 Å². The van der Waals surface area contributed by atoms with Crippen LogP contribution in [0.15, 0.2) is 18.2 Å². The Morgan fingerprint density at radius 2 is 2.17 bits per heavy atom. The average molecular weight is 271 g/mol. The first-order valence-electron chi connectivity index (χ1n) is 6.69. The standard InChI is InChI=1S/C14H23ClN2O/c1-3-6-12(9-10-15)11-16-13-7-5-8-14(17-13)18-4-2/h5,7-8,12H,3-4,6,9-11H2,1-2H3,(H,16,17). The highest BCUT2D eigenvalue weighted by molar-refractivity contribution is 6.17. The van der Waals surface area contributed by atoms with Gasteiger partial charge < -0.3 is 10.1 Å². The van der Waals surface area contributed by atoms with Crippen molar-refractivity contribution in [1.82, 2.24) is 4.98 Å². The van der Waals surface area contributed by atoms with Crippen LogP contribution in [0.3, 0.4) is 0 Å². The quantitative estimate of drug-likeness (QED) is 0.690. The number of hydrogen-bond donors (Lipinski definition) is 1. The molecule has 1 aromatic heterocycles. The number of nitrogens with zero attached hydrogens (tertiary/aromatic N) is 1. The first kappa shape index (κ1) is 15.1. The Labute approximate surface area is 115 Å². The van der Waals surface area contributed by atoms with Crippen molar-refractivity contribution in [2.24, 2.45) is 5.92 Å². The number of aromatic nitrogens is 1. The van der Waals surface area contributed by atoms with Crippen LogP contribution in [0.4, 0.5) is 5.82 Å². The second kappa shape index (κ2) is 9.03. The fourth-order valence-corrected chi connectivity index (χ4v) is 2.21. The van der Waals surface area contributed by atoms with Crippen LogP contribution in [-0.4, -0.2) is 24.0 Å². The summed E-state index contributed by atoms with van der Waals surface area (Å²) >= 11 is 5.82. The Hall–Kier alpha value is -0.960. The van der Waals surface area contributed by atoms with Crippen molar-refractivity contribution in [3.63, 3.8) is 0 Å². The summed E-state index contributed by atoms with van der Waals surface area (Å²) in [7, 11) is 0. The smallest absolute Gasteiger partial charge is 0.215 e. The molecule has 18 heavy (non-hydrogen) atoms. The van der Waals surface area contributed by atoms with E-state index in [9.17, 15) is 0 Å². The third-order valence-electron chi connectivity index (χ3n) is 2.80. The van der Waals surface area contributed by atoms with Crippen LogP contribution >= 0.6 is 11.6 Å². The summed E-state index contributed by atoms with van der Waals surface area (Å²) in [5, 5.41) is 3.36. The maximum absolute atomic E-state index is 5.82. The molecular formula is C14H23ClN2O. The SMILES string of the molecule is CCCC(CCCl)CNc1cccc(OCC)n1. The monoisotopic (exact) mass is 270 g/mol. The van der Waals surface area contributed by atoms with E-state index in [4.69, 9.17) is 16.3 Å². The molecule has 4 heteroatoms. The van der Waals surface area contributed by atoms with Gasteiger partial charge in [-0.3, -0.25) is 0 Å². The van der Waals surface area contributed by atoms with E-state index in [0.717, 1.165) is 24.7 Å². The second-order valence-corrected chi connectivity index (χ2v) is 4.69. The number of nitrogens with one attached hydrogen (secondary N) is 1. The number of rotatable bonds is 9. The summed E-state index contributed by atoms with van der Waals surface area (Å²) in [6, 6.07) is 5.79. The number of pyridine rings is 1. The molecule has 0 aliphatic heterocycles. The van der Waals surface area contributed by atoms with Crippen molar-refractivity contribution in [2.45, 2.75) is 33.1 Å². The molecule has 1 heterocycles. The molecule has 0 aliphatic carbocycles. The predicted octanol–water partition coefficient (Wildman–Crippen LogP) is 3.94. The van der Waals surface area contributed by atoms with E-state index in [1.54, 1.807) is 0 Å². The molecule has 1 N–H and O–H groups in total. The zero-order chi connectivity index (χ0) is 13.2. The maximum Gasteiger partial charge on any atom is 0.215 e. The number of ether oxygens (including phenoxy) is 1. The summed E-state index contributed by atoms with van der Waals surface area (Å²) in [4.78, 5) is 4.39. The van der Waals surface area contributed by atoms with Crippen LogP contribution < -0.4 is 10.1 Å². The Balaban J connectivity index is 2.47. The summed E-state index contributed by atoms with van der Waals surface area (Å²) in [6.45, 7) is 5.72. The third-order valence-corrected chi connectivity index (χ3v) is 3.02. The van der Waals surface area contributed by atoms with Crippen molar-refractivity contribution in [1.29, 1.82) is 0 Å².